The number of aryl methyl sites for hydroxylation is 1. The van der Waals surface area contributed by atoms with E-state index in [-0.39, 0.29) is 5.91 Å². The molecule has 0 spiro atoms. The third kappa shape index (κ3) is 5.56. The summed E-state index contributed by atoms with van der Waals surface area (Å²) >= 11 is 5.85. The van der Waals surface area contributed by atoms with Crippen molar-refractivity contribution in [3.8, 4) is 0 Å². The van der Waals surface area contributed by atoms with Crippen LogP contribution < -0.4 is 5.32 Å². The Labute approximate surface area is 171 Å². The fourth-order valence-electron chi connectivity index (χ4n) is 3.23. The Morgan fingerprint density at radius 1 is 0.929 bits per heavy atom. The van der Waals surface area contributed by atoms with E-state index >= 15 is 0 Å². The Morgan fingerprint density at radius 2 is 1.54 bits per heavy atom. The first kappa shape index (κ1) is 20.8. The van der Waals surface area contributed by atoms with E-state index in [0.29, 0.717) is 42.4 Å². The van der Waals surface area contributed by atoms with Gasteiger partial charge in [-0.3, -0.25) is 4.79 Å². The van der Waals surface area contributed by atoms with E-state index in [1.54, 1.807) is 40.7 Å². The second-order valence-corrected chi connectivity index (χ2v) is 9.39. The van der Waals surface area contributed by atoms with Crippen LogP contribution >= 0.6 is 11.6 Å². The second-order valence-electron chi connectivity index (χ2n) is 7.01. The van der Waals surface area contributed by atoms with Crippen molar-refractivity contribution in [2.24, 2.45) is 0 Å². The number of benzene rings is 2. The third-order valence-corrected chi connectivity index (χ3v) is 7.08. The van der Waals surface area contributed by atoms with Crippen LogP contribution in [0.4, 0.5) is 0 Å². The number of piperidine rings is 1. The molecular formula is C21H25ClN2O3S. The highest BCUT2D eigenvalue weighted by Gasteiger charge is 2.25. The van der Waals surface area contributed by atoms with Crippen molar-refractivity contribution in [2.45, 2.75) is 43.5 Å². The maximum Gasteiger partial charge on any atom is 0.243 e. The normalized spacial score (nSPS) is 15.3. The summed E-state index contributed by atoms with van der Waals surface area (Å²) in [5, 5.41) is 3.55. The first-order chi connectivity index (χ1) is 13.4. The van der Waals surface area contributed by atoms with Gasteiger partial charge in [-0.1, -0.05) is 42.3 Å². The fraction of sp³-hybridized carbons (Fsp3) is 0.381. The van der Waals surface area contributed by atoms with E-state index < -0.39 is 10.0 Å². The highest BCUT2D eigenvalue weighted by atomic mass is 35.5. The van der Waals surface area contributed by atoms with Crippen LogP contribution in [0.1, 0.15) is 36.8 Å². The molecule has 1 aliphatic heterocycles. The predicted molar refractivity (Wildman–Crippen MR) is 111 cm³/mol. The topological polar surface area (TPSA) is 66.5 Å². The van der Waals surface area contributed by atoms with E-state index in [0.717, 1.165) is 30.4 Å². The van der Waals surface area contributed by atoms with Crippen LogP contribution in [0.25, 0.3) is 0 Å². The Balaban J connectivity index is 1.49. The number of amides is 1. The SMILES string of the molecule is O=C(CCc1ccc(S(=O)(=O)N2CCCCC2)cc1)NCc1ccc(Cl)cc1. The Kier molecular flexibility index (Phi) is 7.10. The molecule has 7 heteroatoms. The summed E-state index contributed by atoms with van der Waals surface area (Å²) in [6, 6.07) is 14.2. The van der Waals surface area contributed by atoms with Crippen molar-refractivity contribution >= 4 is 27.5 Å². The average molecular weight is 421 g/mol. The van der Waals surface area contributed by atoms with Gasteiger partial charge in [0.2, 0.25) is 15.9 Å². The number of halogens is 1. The molecule has 1 aliphatic rings. The zero-order chi connectivity index (χ0) is 20.0. The van der Waals surface area contributed by atoms with E-state index in [1.165, 1.54) is 0 Å². The molecule has 1 amide bonds. The van der Waals surface area contributed by atoms with Gasteiger partial charge < -0.3 is 5.32 Å². The number of sulfonamides is 1. The van der Waals surface area contributed by atoms with Gasteiger partial charge in [0.05, 0.1) is 4.90 Å². The molecule has 150 valence electrons. The number of nitrogens with one attached hydrogen (secondary N) is 1. The lowest BCUT2D eigenvalue weighted by atomic mass is 10.1. The molecule has 2 aromatic carbocycles. The van der Waals surface area contributed by atoms with Crippen LogP contribution in [0.2, 0.25) is 5.02 Å². The maximum absolute atomic E-state index is 12.7. The highest BCUT2D eigenvalue weighted by Crippen LogP contribution is 2.21. The van der Waals surface area contributed by atoms with Gasteiger partial charge in [0.15, 0.2) is 0 Å². The number of hydrogen-bond acceptors (Lipinski definition) is 3. The molecule has 0 radical (unpaired) electrons. The minimum absolute atomic E-state index is 0.0417. The molecule has 1 heterocycles. The van der Waals surface area contributed by atoms with Crippen molar-refractivity contribution in [1.82, 2.24) is 9.62 Å². The number of carbonyl (C=O) groups excluding carboxylic acids is 1. The number of carbonyl (C=O) groups is 1. The zero-order valence-corrected chi connectivity index (χ0v) is 17.3. The van der Waals surface area contributed by atoms with E-state index in [2.05, 4.69) is 5.32 Å². The first-order valence-corrected chi connectivity index (χ1v) is 11.4. The number of nitrogens with zero attached hydrogens (tertiary/aromatic N) is 1. The molecule has 5 nitrogen and oxygen atoms in total. The Hall–Kier alpha value is -1.89. The third-order valence-electron chi connectivity index (χ3n) is 4.92. The molecule has 2 aromatic rings. The van der Waals surface area contributed by atoms with Crippen molar-refractivity contribution < 1.29 is 13.2 Å². The largest absolute Gasteiger partial charge is 0.352 e. The molecule has 28 heavy (non-hydrogen) atoms. The Bertz CT molecular complexity index is 890. The van der Waals surface area contributed by atoms with E-state index in [9.17, 15) is 13.2 Å². The van der Waals surface area contributed by atoms with Gasteiger partial charge in [0.25, 0.3) is 0 Å². The summed E-state index contributed by atoms with van der Waals surface area (Å²) < 4.78 is 26.9. The number of hydrogen-bond donors (Lipinski definition) is 1. The van der Waals surface area contributed by atoms with Crippen molar-refractivity contribution in [1.29, 1.82) is 0 Å². The van der Waals surface area contributed by atoms with Gasteiger partial charge in [-0.2, -0.15) is 4.31 Å². The molecule has 0 saturated carbocycles. The minimum atomic E-state index is -3.41. The molecule has 1 fully saturated rings. The molecular weight excluding hydrogens is 396 g/mol. The number of rotatable bonds is 7. The molecule has 1 saturated heterocycles. The van der Waals surface area contributed by atoms with Crippen LogP contribution in [-0.4, -0.2) is 31.7 Å². The summed E-state index contributed by atoms with van der Waals surface area (Å²) in [7, 11) is -3.41. The van der Waals surface area contributed by atoms with Crippen molar-refractivity contribution in [3.63, 3.8) is 0 Å². The monoisotopic (exact) mass is 420 g/mol. The van der Waals surface area contributed by atoms with Crippen molar-refractivity contribution in [2.75, 3.05) is 13.1 Å². The summed E-state index contributed by atoms with van der Waals surface area (Å²) in [5.74, 6) is -0.0417. The molecule has 0 atom stereocenters. The fourth-order valence-corrected chi connectivity index (χ4v) is 4.87. The smallest absolute Gasteiger partial charge is 0.243 e. The molecule has 3 rings (SSSR count). The Morgan fingerprint density at radius 3 is 2.18 bits per heavy atom. The molecule has 0 aliphatic carbocycles. The van der Waals surface area contributed by atoms with Crippen LogP contribution in [0.15, 0.2) is 53.4 Å². The maximum atomic E-state index is 12.7. The minimum Gasteiger partial charge on any atom is -0.352 e. The summed E-state index contributed by atoms with van der Waals surface area (Å²) in [6.45, 7) is 1.65. The van der Waals surface area contributed by atoms with Gasteiger partial charge in [-0.25, -0.2) is 8.42 Å². The highest BCUT2D eigenvalue weighted by molar-refractivity contribution is 7.89. The van der Waals surface area contributed by atoms with Crippen LogP contribution in [-0.2, 0) is 27.8 Å². The van der Waals surface area contributed by atoms with Gasteiger partial charge in [0, 0.05) is 31.1 Å². The van der Waals surface area contributed by atoms with E-state index in [1.807, 2.05) is 12.1 Å². The van der Waals surface area contributed by atoms with E-state index in [4.69, 9.17) is 11.6 Å². The molecule has 1 N–H and O–H groups in total. The molecule has 0 bridgehead atoms. The first-order valence-electron chi connectivity index (χ1n) is 9.55. The summed E-state index contributed by atoms with van der Waals surface area (Å²) in [6.07, 6.45) is 3.85. The standard InChI is InChI=1S/C21H25ClN2O3S/c22-19-9-4-18(5-10-19)16-23-21(25)13-8-17-6-11-20(12-7-17)28(26,27)24-14-2-1-3-15-24/h4-7,9-12H,1-3,8,13-16H2,(H,23,25). The van der Waals surface area contributed by atoms with Crippen molar-refractivity contribution in [3.05, 3.63) is 64.7 Å². The van der Waals surface area contributed by atoms with Crippen LogP contribution in [0.5, 0.6) is 0 Å². The second kappa shape index (κ2) is 9.54. The van der Waals surface area contributed by atoms with Crippen LogP contribution in [0, 0.1) is 0 Å². The average Bonchev–Trinajstić information content (AvgIpc) is 2.73. The zero-order valence-electron chi connectivity index (χ0n) is 15.7. The van der Waals surface area contributed by atoms with Gasteiger partial charge in [-0.05, 0) is 54.7 Å². The van der Waals surface area contributed by atoms with Crippen LogP contribution in [0.3, 0.4) is 0 Å². The van der Waals surface area contributed by atoms with Gasteiger partial charge in [-0.15, -0.1) is 0 Å². The summed E-state index contributed by atoms with van der Waals surface area (Å²) in [4.78, 5) is 12.4. The lowest BCUT2D eigenvalue weighted by Gasteiger charge is -2.25. The summed E-state index contributed by atoms with van der Waals surface area (Å²) in [5.41, 5.74) is 1.93. The van der Waals surface area contributed by atoms with Gasteiger partial charge >= 0.3 is 0 Å². The molecule has 0 unspecified atom stereocenters. The quantitative estimate of drug-likeness (QED) is 0.741. The van der Waals surface area contributed by atoms with Gasteiger partial charge in [0.1, 0.15) is 0 Å². The molecule has 0 aromatic heterocycles. The predicted octanol–water partition coefficient (Wildman–Crippen LogP) is 3.76. The lowest BCUT2D eigenvalue weighted by Crippen LogP contribution is -2.35. The lowest BCUT2D eigenvalue weighted by molar-refractivity contribution is -0.121.